The maximum atomic E-state index is 6.55. The average Bonchev–Trinajstić information content (AvgIpc) is 2.89. The quantitative estimate of drug-likeness (QED) is 0.508. The minimum atomic E-state index is -0.452. The Morgan fingerprint density at radius 3 is 2.87 bits per heavy atom. The van der Waals surface area contributed by atoms with Crippen LogP contribution >= 0.6 is 35.0 Å². The normalized spacial score (nSPS) is 38.2. The molecule has 0 spiro atoms. The largest absolute Gasteiger partial charge is 0.152 e. The van der Waals surface area contributed by atoms with Gasteiger partial charge in [0.1, 0.15) is 4.33 Å². The fourth-order valence-electron chi connectivity index (χ4n) is 2.72. The number of rotatable bonds is 4. The lowest BCUT2D eigenvalue weighted by atomic mass is 10.1. The summed E-state index contributed by atoms with van der Waals surface area (Å²) >= 11 is 15.2. The predicted octanol–water partition coefficient (Wildman–Crippen LogP) is 5.03. The second kappa shape index (κ2) is 4.66. The first-order valence-corrected chi connectivity index (χ1v) is 7.88. The Balaban J connectivity index is 1.98. The third-order valence-corrected chi connectivity index (χ3v) is 6.95. The van der Waals surface area contributed by atoms with E-state index in [0.717, 1.165) is 12.3 Å². The molecule has 0 radical (unpaired) electrons. The lowest BCUT2D eigenvalue weighted by Gasteiger charge is -2.29. The smallest absolute Gasteiger partial charge is 0.133 e. The molecule has 0 heterocycles. The van der Waals surface area contributed by atoms with E-state index in [4.69, 9.17) is 23.2 Å². The molecule has 2 unspecified atom stereocenters. The molecule has 0 amide bonds. The van der Waals surface area contributed by atoms with Crippen molar-refractivity contribution in [1.29, 1.82) is 0 Å². The standard InChI is InChI=1S/C12H20Cl2S/c1-2-3-8-15-11-9-10(11)6-4-5-7-12(11,13)14/h10H,2-9H2,1H3. The van der Waals surface area contributed by atoms with Gasteiger partial charge in [-0.05, 0) is 37.4 Å². The van der Waals surface area contributed by atoms with Crippen molar-refractivity contribution in [3.05, 3.63) is 0 Å². The van der Waals surface area contributed by atoms with E-state index in [2.05, 4.69) is 18.7 Å². The lowest BCUT2D eigenvalue weighted by molar-refractivity contribution is 0.628. The number of halogens is 2. The molecule has 2 atom stereocenters. The van der Waals surface area contributed by atoms with Gasteiger partial charge in [0.15, 0.2) is 0 Å². The lowest BCUT2D eigenvalue weighted by Crippen LogP contribution is -2.32. The Hall–Kier alpha value is 0.930. The van der Waals surface area contributed by atoms with Crippen LogP contribution in [-0.2, 0) is 0 Å². The molecule has 2 aliphatic carbocycles. The van der Waals surface area contributed by atoms with Gasteiger partial charge in [-0.2, -0.15) is 11.8 Å². The van der Waals surface area contributed by atoms with Crippen LogP contribution in [0.2, 0.25) is 0 Å². The summed E-state index contributed by atoms with van der Waals surface area (Å²) in [6.45, 7) is 2.24. The average molecular weight is 267 g/mol. The molecule has 0 saturated heterocycles. The van der Waals surface area contributed by atoms with Crippen LogP contribution in [0.15, 0.2) is 0 Å². The second-order valence-electron chi connectivity index (χ2n) is 4.94. The number of unbranched alkanes of at least 4 members (excludes halogenated alkanes) is 1. The van der Waals surface area contributed by atoms with Gasteiger partial charge in [0.25, 0.3) is 0 Å². The van der Waals surface area contributed by atoms with Crippen LogP contribution in [0.5, 0.6) is 0 Å². The van der Waals surface area contributed by atoms with Crippen molar-refractivity contribution in [2.75, 3.05) is 5.75 Å². The molecular weight excluding hydrogens is 247 g/mol. The van der Waals surface area contributed by atoms with Gasteiger partial charge in [0.05, 0.1) is 4.75 Å². The van der Waals surface area contributed by atoms with Gasteiger partial charge < -0.3 is 0 Å². The topological polar surface area (TPSA) is 0 Å². The van der Waals surface area contributed by atoms with E-state index in [0.29, 0.717) is 0 Å². The Bertz CT molecular complexity index is 230. The van der Waals surface area contributed by atoms with Crippen LogP contribution in [0.4, 0.5) is 0 Å². The first-order valence-electron chi connectivity index (χ1n) is 6.14. The van der Waals surface area contributed by atoms with E-state index >= 15 is 0 Å². The number of hydrogen-bond donors (Lipinski definition) is 0. The van der Waals surface area contributed by atoms with E-state index in [1.807, 2.05) is 0 Å². The molecule has 0 aromatic carbocycles. The molecule has 2 rings (SSSR count). The number of hydrogen-bond acceptors (Lipinski definition) is 1. The van der Waals surface area contributed by atoms with Crippen LogP contribution in [0.1, 0.15) is 51.9 Å². The molecular formula is C12H20Cl2S. The Morgan fingerprint density at radius 2 is 2.13 bits per heavy atom. The van der Waals surface area contributed by atoms with Gasteiger partial charge >= 0.3 is 0 Å². The summed E-state index contributed by atoms with van der Waals surface area (Å²) in [7, 11) is 0. The first-order chi connectivity index (χ1) is 7.12. The highest BCUT2D eigenvalue weighted by Gasteiger charge is 2.66. The zero-order chi connectivity index (χ0) is 10.9. The number of alkyl halides is 2. The zero-order valence-corrected chi connectivity index (χ0v) is 11.7. The van der Waals surface area contributed by atoms with Crippen molar-refractivity contribution in [1.82, 2.24) is 0 Å². The van der Waals surface area contributed by atoms with Gasteiger partial charge in [-0.1, -0.05) is 26.2 Å². The van der Waals surface area contributed by atoms with Crippen molar-refractivity contribution in [2.24, 2.45) is 5.92 Å². The Labute approximate surface area is 107 Å². The number of fused-ring (bicyclic) bond motifs is 1. The molecule has 2 aliphatic rings. The highest BCUT2D eigenvalue weighted by Crippen LogP contribution is 2.68. The van der Waals surface area contributed by atoms with Gasteiger partial charge in [-0.25, -0.2) is 0 Å². The molecule has 3 heteroatoms. The molecule has 2 saturated carbocycles. The molecule has 0 bridgehead atoms. The van der Waals surface area contributed by atoms with Crippen molar-refractivity contribution >= 4 is 35.0 Å². The molecule has 0 aromatic rings. The third-order valence-electron chi connectivity index (χ3n) is 3.82. The van der Waals surface area contributed by atoms with Gasteiger partial charge in [-0.15, -0.1) is 23.2 Å². The highest BCUT2D eigenvalue weighted by atomic mass is 35.5. The van der Waals surface area contributed by atoms with Crippen LogP contribution in [0.25, 0.3) is 0 Å². The fourth-order valence-corrected chi connectivity index (χ4v) is 5.56. The van der Waals surface area contributed by atoms with E-state index in [1.165, 1.54) is 44.3 Å². The number of thioether (sulfide) groups is 1. The van der Waals surface area contributed by atoms with Crippen molar-refractivity contribution in [3.63, 3.8) is 0 Å². The molecule has 2 fully saturated rings. The monoisotopic (exact) mass is 266 g/mol. The molecule has 0 aliphatic heterocycles. The van der Waals surface area contributed by atoms with Gasteiger partial charge in [0, 0.05) is 0 Å². The fraction of sp³-hybridized carbons (Fsp3) is 1.00. The minimum absolute atomic E-state index is 0.224. The van der Waals surface area contributed by atoms with Gasteiger partial charge in [-0.3, -0.25) is 0 Å². The molecule has 0 N–H and O–H groups in total. The summed E-state index contributed by atoms with van der Waals surface area (Å²) in [5.74, 6) is 2.03. The SMILES string of the molecule is CCCCSC12CC1CCCCC2(Cl)Cl. The van der Waals surface area contributed by atoms with Crippen molar-refractivity contribution in [2.45, 2.75) is 60.9 Å². The van der Waals surface area contributed by atoms with Crippen molar-refractivity contribution in [3.8, 4) is 0 Å². The van der Waals surface area contributed by atoms with E-state index in [-0.39, 0.29) is 4.75 Å². The predicted molar refractivity (Wildman–Crippen MR) is 71.1 cm³/mol. The first kappa shape index (κ1) is 12.4. The Kier molecular flexibility index (Phi) is 3.85. The van der Waals surface area contributed by atoms with Gasteiger partial charge in [0.2, 0.25) is 0 Å². The van der Waals surface area contributed by atoms with Crippen LogP contribution < -0.4 is 0 Å². The van der Waals surface area contributed by atoms with E-state index in [9.17, 15) is 0 Å². The van der Waals surface area contributed by atoms with Crippen LogP contribution in [0.3, 0.4) is 0 Å². The third kappa shape index (κ3) is 2.30. The summed E-state index contributed by atoms with van der Waals surface area (Å²) in [5.41, 5.74) is 0. The Morgan fingerprint density at radius 1 is 1.33 bits per heavy atom. The summed E-state index contributed by atoms with van der Waals surface area (Å²) in [6, 6.07) is 0. The van der Waals surface area contributed by atoms with Crippen LogP contribution in [-0.4, -0.2) is 14.8 Å². The molecule has 0 aromatic heterocycles. The van der Waals surface area contributed by atoms with Crippen molar-refractivity contribution < 1.29 is 0 Å². The maximum Gasteiger partial charge on any atom is 0.133 e. The zero-order valence-electron chi connectivity index (χ0n) is 9.40. The summed E-state index contributed by atoms with van der Waals surface area (Å²) in [4.78, 5) is 0. The van der Waals surface area contributed by atoms with Crippen LogP contribution in [0, 0.1) is 5.92 Å². The highest BCUT2D eigenvalue weighted by molar-refractivity contribution is 8.01. The molecule has 0 nitrogen and oxygen atoms in total. The van der Waals surface area contributed by atoms with E-state index in [1.54, 1.807) is 0 Å². The summed E-state index contributed by atoms with van der Waals surface area (Å²) in [6.07, 6.45) is 8.69. The summed E-state index contributed by atoms with van der Waals surface area (Å²) < 4.78 is -0.228. The molecule has 15 heavy (non-hydrogen) atoms. The summed E-state index contributed by atoms with van der Waals surface area (Å²) in [5, 5.41) is 0. The van der Waals surface area contributed by atoms with E-state index < -0.39 is 4.33 Å². The minimum Gasteiger partial charge on any atom is -0.152 e. The maximum absolute atomic E-state index is 6.55. The molecule has 88 valence electrons. The second-order valence-corrected chi connectivity index (χ2v) is 7.85.